The van der Waals surface area contributed by atoms with E-state index in [1.54, 1.807) is 0 Å². The molecule has 0 aromatic carbocycles. The van der Waals surface area contributed by atoms with Crippen molar-refractivity contribution < 1.29 is 4.74 Å². The first-order valence-electron chi connectivity index (χ1n) is 8.46. The quantitative estimate of drug-likeness (QED) is 0.416. The Kier molecular flexibility index (Phi) is 6.11. The van der Waals surface area contributed by atoms with Gasteiger partial charge < -0.3 is 19.9 Å². The maximum atomic E-state index is 5.86. The average molecular weight is 448 g/mol. The van der Waals surface area contributed by atoms with Crippen LogP contribution in [0.3, 0.4) is 0 Å². The largest absolute Gasteiger partial charge is 0.377 e. The molecule has 1 saturated carbocycles. The molecule has 7 nitrogen and oxygen atoms in total. The lowest BCUT2D eigenvalue weighted by atomic mass is 9.57. The molecule has 2 fully saturated rings. The van der Waals surface area contributed by atoms with Crippen LogP contribution in [0.15, 0.2) is 4.99 Å². The van der Waals surface area contributed by atoms with Gasteiger partial charge >= 0.3 is 0 Å². The fourth-order valence-electron chi connectivity index (χ4n) is 3.82. The van der Waals surface area contributed by atoms with Crippen molar-refractivity contribution in [3.63, 3.8) is 0 Å². The van der Waals surface area contributed by atoms with Gasteiger partial charge in [0.1, 0.15) is 12.4 Å². The molecule has 2 heterocycles. The van der Waals surface area contributed by atoms with E-state index in [0.717, 1.165) is 37.2 Å². The number of nitrogens with one attached hydrogen (secondary N) is 2. The van der Waals surface area contributed by atoms with Gasteiger partial charge in [-0.15, -0.1) is 34.2 Å². The number of halogens is 1. The van der Waals surface area contributed by atoms with Crippen LogP contribution in [0, 0.1) is 18.3 Å². The second-order valence-electron chi connectivity index (χ2n) is 7.10. The molecule has 1 aliphatic heterocycles. The van der Waals surface area contributed by atoms with Crippen molar-refractivity contribution >= 4 is 29.9 Å². The highest BCUT2D eigenvalue weighted by Gasteiger charge is 2.59. The van der Waals surface area contributed by atoms with Crippen LogP contribution in [0.5, 0.6) is 0 Å². The Balaban J connectivity index is 0.00000208. The molecule has 2 aliphatic rings. The normalized spacial score (nSPS) is 27.9. The summed E-state index contributed by atoms with van der Waals surface area (Å²) in [6.07, 6.45) is 1.51. The predicted molar refractivity (Wildman–Crippen MR) is 105 cm³/mol. The van der Waals surface area contributed by atoms with Gasteiger partial charge in [0.25, 0.3) is 0 Å². The summed E-state index contributed by atoms with van der Waals surface area (Å²) in [7, 11) is 1.97. The number of nitrogens with zero attached hydrogens (tertiary/aromatic N) is 4. The van der Waals surface area contributed by atoms with Gasteiger partial charge in [-0.05, 0) is 20.3 Å². The maximum Gasteiger partial charge on any atom is 0.191 e. The van der Waals surface area contributed by atoms with E-state index in [9.17, 15) is 0 Å². The molecule has 0 radical (unpaired) electrons. The molecule has 136 valence electrons. The molecule has 3 atom stereocenters. The zero-order valence-electron chi connectivity index (χ0n) is 15.2. The van der Waals surface area contributed by atoms with Gasteiger partial charge in [-0.2, -0.15) is 0 Å². The molecule has 24 heavy (non-hydrogen) atoms. The summed E-state index contributed by atoms with van der Waals surface area (Å²) in [6.45, 7) is 10.8. The molecule has 1 aliphatic carbocycles. The van der Waals surface area contributed by atoms with Crippen molar-refractivity contribution in [1.29, 1.82) is 0 Å². The van der Waals surface area contributed by atoms with Crippen molar-refractivity contribution in [1.82, 2.24) is 25.4 Å². The Hall–Kier alpha value is -0.900. The molecule has 3 rings (SSSR count). The third kappa shape index (κ3) is 3.40. The number of hydrogen-bond acceptors (Lipinski definition) is 4. The summed E-state index contributed by atoms with van der Waals surface area (Å²) in [5.74, 6) is 3.20. The minimum absolute atomic E-state index is 0. The van der Waals surface area contributed by atoms with Gasteiger partial charge in [-0.25, -0.2) is 4.99 Å². The van der Waals surface area contributed by atoms with Gasteiger partial charge in [0.2, 0.25) is 0 Å². The Morgan fingerprint density at radius 3 is 2.79 bits per heavy atom. The Bertz CT molecular complexity index is 599. The number of hydrogen-bond donors (Lipinski definition) is 2. The van der Waals surface area contributed by atoms with E-state index in [-0.39, 0.29) is 29.4 Å². The summed E-state index contributed by atoms with van der Waals surface area (Å²) in [4.78, 5) is 4.69. The second-order valence-corrected chi connectivity index (χ2v) is 7.10. The summed E-state index contributed by atoms with van der Waals surface area (Å²) in [5, 5.41) is 15.2. The lowest BCUT2D eigenvalue weighted by molar-refractivity contribution is -0.106. The van der Waals surface area contributed by atoms with Gasteiger partial charge in [0.05, 0.1) is 6.10 Å². The third-order valence-corrected chi connectivity index (χ3v) is 5.30. The number of aryl methyl sites for hydroxylation is 1. The molecule has 1 aromatic heterocycles. The van der Waals surface area contributed by atoms with E-state index in [1.165, 1.54) is 0 Å². The van der Waals surface area contributed by atoms with Gasteiger partial charge in [-0.1, -0.05) is 13.8 Å². The highest BCUT2D eigenvalue weighted by Crippen LogP contribution is 2.52. The van der Waals surface area contributed by atoms with E-state index in [4.69, 9.17) is 4.74 Å². The van der Waals surface area contributed by atoms with Crippen LogP contribution < -0.4 is 10.6 Å². The molecule has 2 N–H and O–H groups in total. The van der Waals surface area contributed by atoms with Crippen molar-refractivity contribution in [2.45, 2.75) is 52.8 Å². The van der Waals surface area contributed by atoms with Crippen LogP contribution in [0.2, 0.25) is 0 Å². The highest BCUT2D eigenvalue weighted by molar-refractivity contribution is 14.0. The van der Waals surface area contributed by atoms with E-state index >= 15 is 0 Å². The number of fused-ring (bicyclic) bond motifs is 1. The first-order valence-corrected chi connectivity index (χ1v) is 8.46. The van der Waals surface area contributed by atoms with E-state index in [0.29, 0.717) is 24.6 Å². The lowest BCUT2D eigenvalue weighted by Crippen LogP contribution is -2.67. The van der Waals surface area contributed by atoms with Gasteiger partial charge in [0, 0.05) is 37.6 Å². The molecule has 3 unspecified atom stereocenters. The summed E-state index contributed by atoms with van der Waals surface area (Å²) >= 11 is 0. The van der Waals surface area contributed by atoms with Gasteiger partial charge in [-0.3, -0.25) is 0 Å². The van der Waals surface area contributed by atoms with Crippen molar-refractivity contribution in [2.24, 2.45) is 23.4 Å². The van der Waals surface area contributed by atoms with E-state index in [1.807, 2.05) is 18.5 Å². The van der Waals surface area contributed by atoms with Gasteiger partial charge in [0.15, 0.2) is 11.8 Å². The third-order valence-electron chi connectivity index (χ3n) is 5.30. The van der Waals surface area contributed by atoms with Crippen LogP contribution in [-0.4, -0.2) is 46.0 Å². The molecule has 1 aromatic rings. The molecule has 0 bridgehead atoms. The topological polar surface area (TPSA) is 76.4 Å². The zero-order valence-corrected chi connectivity index (χ0v) is 17.5. The number of aliphatic imine (C=N–C) groups is 1. The lowest BCUT2D eigenvalue weighted by Gasteiger charge is -2.54. The Labute approximate surface area is 161 Å². The van der Waals surface area contributed by atoms with Crippen molar-refractivity contribution in [3.05, 3.63) is 11.6 Å². The standard InChI is InChI=1S/C16H28N6O.HI/c1-6-17-15(18-9-12-21-20-10(2)22(12)5)19-13-11-7-8-23-14(11)16(13,3)4;/h11,13-14H,6-9H2,1-5H3,(H2,17,18,19);1H. The first kappa shape index (κ1) is 19.4. The molecular formula is C16H29IN6O. The first-order chi connectivity index (χ1) is 10.9. The fourth-order valence-corrected chi connectivity index (χ4v) is 3.82. The number of ether oxygens (including phenoxy) is 1. The van der Waals surface area contributed by atoms with Crippen LogP contribution >= 0.6 is 24.0 Å². The van der Waals surface area contributed by atoms with E-state index < -0.39 is 0 Å². The van der Waals surface area contributed by atoms with Crippen LogP contribution in [0.25, 0.3) is 0 Å². The summed E-state index contributed by atoms with van der Waals surface area (Å²) < 4.78 is 7.84. The molecule has 1 saturated heterocycles. The van der Waals surface area contributed by atoms with Crippen LogP contribution in [0.4, 0.5) is 0 Å². The molecule has 0 amide bonds. The predicted octanol–water partition coefficient (Wildman–Crippen LogP) is 1.61. The Morgan fingerprint density at radius 2 is 2.17 bits per heavy atom. The smallest absolute Gasteiger partial charge is 0.191 e. The van der Waals surface area contributed by atoms with Crippen molar-refractivity contribution in [2.75, 3.05) is 13.2 Å². The molecule has 0 spiro atoms. The second kappa shape index (κ2) is 7.55. The maximum absolute atomic E-state index is 5.86. The number of rotatable bonds is 4. The number of guanidine groups is 1. The minimum atomic E-state index is 0. The van der Waals surface area contributed by atoms with E-state index in [2.05, 4.69) is 46.6 Å². The summed E-state index contributed by atoms with van der Waals surface area (Å²) in [5.41, 5.74) is 0.138. The van der Waals surface area contributed by atoms with Crippen molar-refractivity contribution in [3.8, 4) is 0 Å². The highest BCUT2D eigenvalue weighted by atomic mass is 127. The zero-order chi connectivity index (χ0) is 16.6. The summed E-state index contributed by atoms with van der Waals surface area (Å²) in [6, 6.07) is 0.397. The fraction of sp³-hybridized carbons (Fsp3) is 0.812. The average Bonchev–Trinajstić information content (AvgIpc) is 3.09. The van der Waals surface area contributed by atoms with Crippen LogP contribution in [-0.2, 0) is 18.3 Å². The monoisotopic (exact) mass is 448 g/mol. The van der Waals surface area contributed by atoms with Crippen LogP contribution in [0.1, 0.15) is 38.8 Å². The SMILES string of the molecule is CCNC(=NCc1nnc(C)n1C)NC1C2CCOC2C1(C)C.I. The number of aromatic nitrogens is 3. The minimum Gasteiger partial charge on any atom is -0.377 e. The molecular weight excluding hydrogens is 419 g/mol. The molecule has 8 heteroatoms. The Morgan fingerprint density at radius 1 is 1.42 bits per heavy atom.